The fraction of sp³-hybridized carbons (Fsp3) is 0. The van der Waals surface area contributed by atoms with Gasteiger partial charge in [-0.3, -0.25) is 0 Å². The predicted octanol–water partition coefficient (Wildman–Crippen LogP) is 1.92. The van der Waals surface area contributed by atoms with Crippen LogP contribution in [0.4, 0.5) is 0 Å². The molecule has 1 aliphatic rings. The van der Waals surface area contributed by atoms with Crippen LogP contribution in [0, 0.1) is 0 Å². The molecule has 0 atom stereocenters. The summed E-state index contributed by atoms with van der Waals surface area (Å²) in [6.45, 7) is 0. The van der Waals surface area contributed by atoms with Crippen molar-refractivity contribution in [1.29, 1.82) is 0 Å². The van der Waals surface area contributed by atoms with E-state index in [1.807, 2.05) is 0 Å². The van der Waals surface area contributed by atoms with Crippen LogP contribution in [0.15, 0.2) is 10.6 Å². The molecule has 0 aromatic heterocycles. The second-order valence-electron chi connectivity index (χ2n) is 0.733. The van der Waals surface area contributed by atoms with Gasteiger partial charge in [-0.1, -0.05) is 11.6 Å². The topological polar surface area (TPSA) is 12.0 Å². The molecule has 1 aliphatic heterocycles. The van der Waals surface area contributed by atoms with E-state index < -0.39 is 0 Å². The van der Waals surface area contributed by atoms with Gasteiger partial charge in [0.25, 0.3) is 0 Å². The second kappa shape index (κ2) is 2.00. The highest BCUT2D eigenvalue weighted by Gasteiger charge is 1.98. The van der Waals surface area contributed by atoms with E-state index >= 15 is 0 Å². The average Bonchev–Trinajstić information content (AvgIpc) is 1.86. The van der Waals surface area contributed by atoms with Crippen molar-refractivity contribution in [2.24, 2.45) is 0 Å². The van der Waals surface area contributed by atoms with Crippen LogP contribution in [0.1, 0.15) is 0 Å². The molecule has 1 heterocycles. The van der Waals surface area contributed by atoms with Gasteiger partial charge in [0, 0.05) is 17.2 Å². The number of hydrogen-bond donors (Lipinski definition) is 1. The molecule has 4 heteroatoms. The van der Waals surface area contributed by atoms with Crippen molar-refractivity contribution in [2.75, 3.05) is 0 Å². The van der Waals surface area contributed by atoms with Gasteiger partial charge in [-0.2, -0.15) is 0 Å². The molecule has 0 spiro atoms. The van der Waals surface area contributed by atoms with E-state index in [0.717, 1.165) is 4.36 Å². The lowest BCUT2D eigenvalue weighted by atomic mass is 11.1. The minimum absolute atomic E-state index is 0.819. The van der Waals surface area contributed by atoms with Gasteiger partial charge in [-0.25, -0.2) is 0 Å². The van der Waals surface area contributed by atoms with Gasteiger partial charge in [0.2, 0.25) is 0 Å². The largest absolute Gasteiger partial charge is 0.325 e. The molecule has 1 N–H and O–H groups in total. The van der Waals surface area contributed by atoms with Crippen molar-refractivity contribution in [3.63, 3.8) is 0 Å². The van der Waals surface area contributed by atoms with Gasteiger partial charge in [0.15, 0.2) is 0 Å². The summed E-state index contributed by atoms with van der Waals surface area (Å²) in [6, 6.07) is 0. The lowest BCUT2D eigenvalue weighted by molar-refractivity contribution is 1.45. The molecule has 1 nitrogen and oxygen atoms in total. The molecule has 0 aliphatic carbocycles. The standard InChI is InChI=1S/C2H2ClNS2/c3-2-1-4-6-5-2/h1,4H. The minimum Gasteiger partial charge on any atom is -0.325 e. The molecule has 0 radical (unpaired) electrons. The Bertz CT molecular complexity index is 81.6. The van der Waals surface area contributed by atoms with Crippen molar-refractivity contribution < 1.29 is 0 Å². The molecule has 34 valence electrons. The molecule has 1 rings (SSSR count). The SMILES string of the molecule is ClC1=CNSS1. The molecule has 0 aromatic rings. The summed E-state index contributed by atoms with van der Waals surface area (Å²) in [5.41, 5.74) is 0. The molecule has 0 aromatic carbocycles. The molecule has 0 fully saturated rings. The molecule has 6 heavy (non-hydrogen) atoms. The second-order valence-corrected chi connectivity index (χ2v) is 3.37. The van der Waals surface area contributed by atoms with Gasteiger partial charge < -0.3 is 4.72 Å². The molecule has 0 unspecified atom stereocenters. The summed E-state index contributed by atoms with van der Waals surface area (Å²) >= 11 is 5.45. The van der Waals surface area contributed by atoms with Crippen LogP contribution >= 0.6 is 33.4 Å². The highest BCUT2D eigenvalue weighted by molar-refractivity contribution is 8.78. The van der Waals surface area contributed by atoms with Crippen LogP contribution in [-0.2, 0) is 0 Å². The maximum absolute atomic E-state index is 5.45. The summed E-state index contributed by atoms with van der Waals surface area (Å²) in [5.74, 6) is 0. The molecular weight excluding hydrogens is 138 g/mol. The Balaban J connectivity index is 2.45. The Morgan fingerprint density at radius 3 is 2.83 bits per heavy atom. The van der Waals surface area contributed by atoms with E-state index in [1.54, 1.807) is 6.20 Å². The zero-order valence-corrected chi connectivity index (χ0v) is 5.16. The van der Waals surface area contributed by atoms with E-state index in [4.69, 9.17) is 11.6 Å². The predicted molar refractivity (Wildman–Crippen MR) is 32.3 cm³/mol. The van der Waals surface area contributed by atoms with Crippen LogP contribution in [0.25, 0.3) is 0 Å². The quantitative estimate of drug-likeness (QED) is 0.407. The molecule has 0 amide bonds. The third kappa shape index (κ3) is 0.996. The van der Waals surface area contributed by atoms with Crippen molar-refractivity contribution in [3.05, 3.63) is 10.6 Å². The maximum atomic E-state index is 5.45. The lowest BCUT2D eigenvalue weighted by Gasteiger charge is -1.76. The maximum Gasteiger partial charge on any atom is 0.102 e. The Kier molecular flexibility index (Phi) is 1.56. The molecule has 0 saturated heterocycles. The first kappa shape index (κ1) is 4.68. The molecule has 0 saturated carbocycles. The smallest absolute Gasteiger partial charge is 0.102 e. The number of nitrogens with one attached hydrogen (secondary N) is 1. The van der Waals surface area contributed by atoms with Crippen LogP contribution in [0.2, 0.25) is 0 Å². The van der Waals surface area contributed by atoms with Gasteiger partial charge in [0.1, 0.15) is 4.36 Å². The Hall–Kier alpha value is 0.530. The van der Waals surface area contributed by atoms with Crippen LogP contribution < -0.4 is 4.72 Å². The first-order chi connectivity index (χ1) is 2.89. The number of rotatable bonds is 0. The zero-order valence-electron chi connectivity index (χ0n) is 2.77. The first-order valence-electron chi connectivity index (χ1n) is 1.34. The van der Waals surface area contributed by atoms with Crippen LogP contribution in [0.3, 0.4) is 0 Å². The van der Waals surface area contributed by atoms with Crippen LogP contribution in [0.5, 0.6) is 0 Å². The highest BCUT2D eigenvalue weighted by atomic mass is 35.5. The summed E-state index contributed by atoms with van der Waals surface area (Å²) in [5, 5.41) is 0. The van der Waals surface area contributed by atoms with Gasteiger partial charge >= 0.3 is 0 Å². The van der Waals surface area contributed by atoms with Crippen molar-refractivity contribution in [1.82, 2.24) is 4.72 Å². The Labute approximate surface area is 49.0 Å². The normalized spacial score (nSPS) is 19.8. The van der Waals surface area contributed by atoms with E-state index in [1.165, 1.54) is 21.8 Å². The van der Waals surface area contributed by atoms with E-state index in [2.05, 4.69) is 4.72 Å². The van der Waals surface area contributed by atoms with E-state index in [-0.39, 0.29) is 0 Å². The fourth-order valence-corrected chi connectivity index (χ4v) is 1.71. The Morgan fingerprint density at radius 2 is 2.67 bits per heavy atom. The van der Waals surface area contributed by atoms with Gasteiger partial charge in [-0.05, 0) is 10.8 Å². The molecule has 0 bridgehead atoms. The Morgan fingerprint density at radius 1 is 1.83 bits per heavy atom. The van der Waals surface area contributed by atoms with Gasteiger partial charge in [-0.15, -0.1) is 0 Å². The number of halogens is 1. The fourth-order valence-electron chi connectivity index (χ4n) is 0.158. The summed E-state index contributed by atoms with van der Waals surface area (Å²) in [4.78, 5) is 0. The molecular formula is C2H2ClNS2. The summed E-state index contributed by atoms with van der Waals surface area (Å²) < 4.78 is 3.68. The van der Waals surface area contributed by atoms with Crippen LogP contribution in [-0.4, -0.2) is 0 Å². The highest BCUT2D eigenvalue weighted by Crippen LogP contribution is 2.34. The third-order valence-corrected chi connectivity index (χ3v) is 2.61. The monoisotopic (exact) mass is 139 g/mol. The summed E-state index contributed by atoms with van der Waals surface area (Å²) in [6.07, 6.45) is 1.76. The third-order valence-electron chi connectivity index (χ3n) is 0.342. The van der Waals surface area contributed by atoms with Crippen molar-refractivity contribution in [3.8, 4) is 0 Å². The van der Waals surface area contributed by atoms with E-state index in [0.29, 0.717) is 0 Å². The van der Waals surface area contributed by atoms with Crippen molar-refractivity contribution in [2.45, 2.75) is 0 Å². The summed E-state index contributed by atoms with van der Waals surface area (Å²) in [7, 11) is 3.05. The number of hydrogen-bond acceptors (Lipinski definition) is 3. The zero-order chi connectivity index (χ0) is 4.41. The lowest BCUT2D eigenvalue weighted by Crippen LogP contribution is -1.76. The van der Waals surface area contributed by atoms with Gasteiger partial charge in [0.05, 0.1) is 0 Å². The van der Waals surface area contributed by atoms with Crippen molar-refractivity contribution >= 4 is 33.4 Å². The minimum atomic E-state index is 0.819. The first-order valence-corrected chi connectivity index (χ1v) is 3.87. The van der Waals surface area contributed by atoms with E-state index in [9.17, 15) is 0 Å². The average molecular weight is 140 g/mol.